The Morgan fingerprint density at radius 2 is 2.07 bits per heavy atom. The number of halogens is 2. The monoisotopic (exact) mass is 248 g/mol. The maximum atomic E-state index is 11.3. The van der Waals surface area contributed by atoms with Crippen molar-refractivity contribution >= 4 is 35.1 Å². The number of carbonyl (C=O) groups is 2. The maximum Gasteiger partial charge on any atom is 0.322 e. The highest BCUT2D eigenvalue weighted by Crippen LogP contribution is 2.16. The van der Waals surface area contributed by atoms with Crippen LogP contribution >= 0.6 is 23.2 Å². The van der Waals surface area contributed by atoms with Crippen LogP contribution in [0.15, 0.2) is 12.1 Å². The van der Waals surface area contributed by atoms with Gasteiger partial charge in [0.05, 0.1) is 5.02 Å². The molecule has 7 heteroatoms. The second kappa shape index (κ2) is 4.95. The van der Waals surface area contributed by atoms with Crippen molar-refractivity contribution in [3.05, 3.63) is 28.0 Å². The molecule has 0 unspecified atom stereocenters. The molecule has 0 bridgehead atoms. The molecule has 0 saturated carbocycles. The van der Waals surface area contributed by atoms with E-state index in [0.717, 1.165) is 0 Å². The van der Waals surface area contributed by atoms with E-state index in [1.807, 2.05) is 0 Å². The Bertz CT molecular complexity index is 409. The summed E-state index contributed by atoms with van der Waals surface area (Å²) in [6, 6.07) is 2.84. The van der Waals surface area contributed by atoms with Crippen molar-refractivity contribution in [3.63, 3.8) is 0 Å². The molecule has 1 heterocycles. The summed E-state index contributed by atoms with van der Waals surface area (Å²) in [5, 5.41) is 10.7. The smallest absolute Gasteiger partial charge is 0.322 e. The first kappa shape index (κ1) is 11.7. The third-order valence-corrected chi connectivity index (χ3v) is 1.94. The van der Waals surface area contributed by atoms with Gasteiger partial charge in [-0.2, -0.15) is 0 Å². The van der Waals surface area contributed by atoms with E-state index >= 15 is 0 Å². The zero-order chi connectivity index (χ0) is 11.4. The number of carboxylic acids is 1. The van der Waals surface area contributed by atoms with Gasteiger partial charge in [0, 0.05) is 0 Å². The standard InChI is InChI=1S/C8H6Cl2N2O3/c9-4-1-2-5(10)12-7(4)8(15)11-3-6(13)14/h1-2H,3H2,(H,11,15)(H,13,14). The third kappa shape index (κ3) is 3.38. The van der Waals surface area contributed by atoms with E-state index in [4.69, 9.17) is 28.3 Å². The van der Waals surface area contributed by atoms with Crippen LogP contribution in [0, 0.1) is 0 Å². The summed E-state index contributed by atoms with van der Waals surface area (Å²) < 4.78 is 0. The van der Waals surface area contributed by atoms with Gasteiger partial charge in [0.2, 0.25) is 0 Å². The van der Waals surface area contributed by atoms with Gasteiger partial charge in [-0.3, -0.25) is 9.59 Å². The Morgan fingerprint density at radius 3 is 2.67 bits per heavy atom. The molecule has 1 aromatic rings. The normalized spacial score (nSPS) is 9.73. The molecule has 0 aliphatic heterocycles. The van der Waals surface area contributed by atoms with Gasteiger partial charge in [-0.25, -0.2) is 4.98 Å². The summed E-state index contributed by atoms with van der Waals surface area (Å²) in [4.78, 5) is 25.2. The van der Waals surface area contributed by atoms with Crippen LogP contribution in [0.25, 0.3) is 0 Å². The topological polar surface area (TPSA) is 79.3 Å². The van der Waals surface area contributed by atoms with Crippen molar-refractivity contribution < 1.29 is 14.7 Å². The van der Waals surface area contributed by atoms with E-state index in [2.05, 4.69) is 10.3 Å². The molecular formula is C8H6Cl2N2O3. The average Bonchev–Trinajstić information content (AvgIpc) is 2.18. The van der Waals surface area contributed by atoms with Gasteiger partial charge >= 0.3 is 5.97 Å². The van der Waals surface area contributed by atoms with Gasteiger partial charge in [-0.1, -0.05) is 23.2 Å². The minimum absolute atomic E-state index is 0.0922. The fraction of sp³-hybridized carbons (Fsp3) is 0.125. The summed E-state index contributed by atoms with van der Waals surface area (Å²) in [7, 11) is 0. The predicted octanol–water partition coefficient (Wildman–Crippen LogP) is 1.20. The molecule has 0 saturated heterocycles. The number of rotatable bonds is 3. The number of aliphatic carboxylic acids is 1. The molecule has 0 atom stereocenters. The number of carboxylic acid groups (broad SMARTS) is 1. The van der Waals surface area contributed by atoms with E-state index in [1.165, 1.54) is 12.1 Å². The highest BCUT2D eigenvalue weighted by Gasteiger charge is 2.13. The molecule has 15 heavy (non-hydrogen) atoms. The lowest BCUT2D eigenvalue weighted by molar-refractivity contribution is -0.135. The van der Waals surface area contributed by atoms with E-state index in [0.29, 0.717) is 0 Å². The van der Waals surface area contributed by atoms with Gasteiger partial charge in [-0.15, -0.1) is 0 Å². The van der Waals surface area contributed by atoms with Crippen LogP contribution in [0.3, 0.4) is 0 Å². The molecule has 1 amide bonds. The number of aromatic nitrogens is 1. The van der Waals surface area contributed by atoms with Crippen molar-refractivity contribution in [1.82, 2.24) is 10.3 Å². The maximum absolute atomic E-state index is 11.3. The van der Waals surface area contributed by atoms with Crippen molar-refractivity contribution in [2.45, 2.75) is 0 Å². The second-order valence-corrected chi connectivity index (χ2v) is 3.34. The molecule has 80 valence electrons. The summed E-state index contributed by atoms with van der Waals surface area (Å²) >= 11 is 11.2. The Kier molecular flexibility index (Phi) is 3.88. The molecule has 1 rings (SSSR count). The molecule has 0 fully saturated rings. The molecule has 2 N–H and O–H groups in total. The molecule has 0 radical (unpaired) electrons. The Labute approximate surface area is 95.0 Å². The van der Waals surface area contributed by atoms with Crippen LogP contribution in [-0.4, -0.2) is 28.5 Å². The molecule has 1 aromatic heterocycles. The lowest BCUT2D eigenvalue weighted by atomic mass is 10.3. The third-order valence-electron chi connectivity index (χ3n) is 1.43. The minimum atomic E-state index is -1.15. The second-order valence-electron chi connectivity index (χ2n) is 2.54. The fourth-order valence-electron chi connectivity index (χ4n) is 0.817. The number of carbonyl (C=O) groups excluding carboxylic acids is 1. The van der Waals surface area contributed by atoms with Gasteiger partial charge < -0.3 is 10.4 Å². The first-order valence-corrected chi connectivity index (χ1v) is 4.58. The fourth-order valence-corrected chi connectivity index (χ4v) is 1.16. The number of hydrogen-bond donors (Lipinski definition) is 2. The van der Waals surface area contributed by atoms with Crippen molar-refractivity contribution in [2.75, 3.05) is 6.54 Å². The number of pyridine rings is 1. The van der Waals surface area contributed by atoms with E-state index in [1.54, 1.807) is 0 Å². The van der Waals surface area contributed by atoms with E-state index < -0.39 is 18.4 Å². The quantitative estimate of drug-likeness (QED) is 0.789. The summed E-state index contributed by atoms with van der Waals surface area (Å²) in [5.41, 5.74) is -0.0922. The number of hydrogen-bond acceptors (Lipinski definition) is 3. The van der Waals surface area contributed by atoms with Crippen LogP contribution < -0.4 is 5.32 Å². The van der Waals surface area contributed by atoms with Crippen molar-refractivity contribution in [3.8, 4) is 0 Å². The lowest BCUT2D eigenvalue weighted by Gasteiger charge is -2.03. The summed E-state index contributed by atoms with van der Waals surface area (Å²) in [6.45, 7) is -0.497. The van der Waals surface area contributed by atoms with Crippen LogP contribution in [0.2, 0.25) is 10.2 Å². The predicted molar refractivity (Wildman–Crippen MR) is 54.2 cm³/mol. The zero-order valence-electron chi connectivity index (χ0n) is 7.33. The summed E-state index contributed by atoms with van der Waals surface area (Å²) in [5.74, 6) is -1.83. The number of nitrogens with zero attached hydrogens (tertiary/aromatic N) is 1. The SMILES string of the molecule is O=C(O)CNC(=O)c1nc(Cl)ccc1Cl. The molecule has 0 aliphatic carbocycles. The van der Waals surface area contributed by atoms with E-state index in [9.17, 15) is 9.59 Å². The number of nitrogens with one attached hydrogen (secondary N) is 1. The minimum Gasteiger partial charge on any atom is -0.480 e. The molecule has 0 aliphatic rings. The highest BCUT2D eigenvalue weighted by atomic mass is 35.5. The largest absolute Gasteiger partial charge is 0.480 e. The lowest BCUT2D eigenvalue weighted by Crippen LogP contribution is -2.30. The van der Waals surface area contributed by atoms with Gasteiger partial charge in [0.25, 0.3) is 5.91 Å². The van der Waals surface area contributed by atoms with Crippen molar-refractivity contribution in [2.24, 2.45) is 0 Å². The van der Waals surface area contributed by atoms with Crippen LogP contribution in [0.5, 0.6) is 0 Å². The number of amides is 1. The zero-order valence-corrected chi connectivity index (χ0v) is 8.84. The van der Waals surface area contributed by atoms with Gasteiger partial charge in [-0.05, 0) is 12.1 Å². The Hall–Kier alpha value is -1.33. The van der Waals surface area contributed by atoms with Crippen LogP contribution in [0.4, 0.5) is 0 Å². The molecule has 5 nitrogen and oxygen atoms in total. The summed E-state index contributed by atoms with van der Waals surface area (Å²) in [6.07, 6.45) is 0. The van der Waals surface area contributed by atoms with Crippen LogP contribution in [-0.2, 0) is 4.79 Å². The van der Waals surface area contributed by atoms with Gasteiger partial charge in [0.1, 0.15) is 17.4 Å². The Balaban J connectivity index is 2.81. The highest BCUT2D eigenvalue weighted by molar-refractivity contribution is 6.34. The molecular weight excluding hydrogens is 243 g/mol. The van der Waals surface area contributed by atoms with Gasteiger partial charge in [0.15, 0.2) is 0 Å². The van der Waals surface area contributed by atoms with Crippen molar-refractivity contribution in [1.29, 1.82) is 0 Å². The molecule has 0 aromatic carbocycles. The molecule has 0 spiro atoms. The average molecular weight is 249 g/mol. The first-order valence-electron chi connectivity index (χ1n) is 3.82. The van der Waals surface area contributed by atoms with E-state index in [-0.39, 0.29) is 15.9 Å². The first-order chi connectivity index (χ1) is 7.00. The Morgan fingerprint density at radius 1 is 1.40 bits per heavy atom. The van der Waals surface area contributed by atoms with Crippen LogP contribution in [0.1, 0.15) is 10.5 Å².